The maximum atomic E-state index is 13.6. The van der Waals surface area contributed by atoms with Crippen molar-refractivity contribution in [1.29, 1.82) is 0 Å². The molecule has 1 heterocycles. The number of amides is 1. The number of ether oxygens (including phenoxy) is 1. The van der Waals surface area contributed by atoms with Crippen LogP contribution in [-0.2, 0) is 20.0 Å². The van der Waals surface area contributed by atoms with Gasteiger partial charge in [-0.25, -0.2) is 4.79 Å². The second kappa shape index (κ2) is 11.3. The van der Waals surface area contributed by atoms with Gasteiger partial charge in [0.1, 0.15) is 11.3 Å². The maximum absolute atomic E-state index is 13.6. The first-order valence-corrected chi connectivity index (χ1v) is 19.2. The number of likely N-dealkylation sites (tertiary alicyclic amines) is 1. The summed E-state index contributed by atoms with van der Waals surface area (Å²) in [5.41, 5.74) is 1.15. The zero-order valence-corrected chi connectivity index (χ0v) is 27.6. The Bertz CT molecular complexity index is 882. The number of rotatable bonds is 7. The molecule has 1 fully saturated rings. The second-order valence-corrected chi connectivity index (χ2v) is 19.0. The summed E-state index contributed by atoms with van der Waals surface area (Å²) in [6, 6.07) is 8.75. The molecule has 2 rings (SSSR count). The Hall–Kier alpha value is -1.16. The second-order valence-electron chi connectivity index (χ2n) is 14.3. The van der Waals surface area contributed by atoms with Crippen LogP contribution in [0, 0.1) is 16.7 Å². The van der Waals surface area contributed by atoms with Gasteiger partial charge < -0.3 is 13.6 Å². The fraction of sp³-hybridized carbons (Fsp3) is 0.759. The van der Waals surface area contributed by atoms with Gasteiger partial charge in [0.15, 0.2) is 18.1 Å². The molecule has 0 saturated carbocycles. The SMILES string of the molecule is C[SiH](C)OC(c1cccc(C[C@]2(O[SiH](C)C)C[C@H](C(C)(C)C)CN2C(=O)OC(C)(C)C)c1)C(C)(C)C. The van der Waals surface area contributed by atoms with Crippen molar-refractivity contribution < 1.29 is 18.4 Å². The number of nitrogens with zero attached hydrogens (tertiary/aromatic N) is 1. The predicted molar refractivity (Wildman–Crippen MR) is 155 cm³/mol. The third kappa shape index (κ3) is 8.43. The zero-order chi connectivity index (χ0) is 27.7. The minimum absolute atomic E-state index is 0.0117. The maximum Gasteiger partial charge on any atom is 0.412 e. The summed E-state index contributed by atoms with van der Waals surface area (Å²) in [4.78, 5) is 15.5. The van der Waals surface area contributed by atoms with Gasteiger partial charge in [0, 0.05) is 13.0 Å². The minimum atomic E-state index is -1.49. The molecule has 1 aliphatic heterocycles. The van der Waals surface area contributed by atoms with Crippen LogP contribution in [0.25, 0.3) is 0 Å². The van der Waals surface area contributed by atoms with Crippen molar-refractivity contribution in [3.63, 3.8) is 0 Å². The molecule has 1 saturated heterocycles. The van der Waals surface area contributed by atoms with E-state index < -0.39 is 29.4 Å². The van der Waals surface area contributed by atoms with Crippen molar-refractivity contribution in [2.24, 2.45) is 16.7 Å². The molecular weight excluding hydrogens is 482 g/mol. The summed E-state index contributed by atoms with van der Waals surface area (Å²) in [6.07, 6.45) is 1.21. The topological polar surface area (TPSA) is 48.0 Å². The lowest BCUT2D eigenvalue weighted by atomic mass is 9.78. The van der Waals surface area contributed by atoms with Crippen LogP contribution in [0.2, 0.25) is 26.2 Å². The molecule has 0 N–H and O–H groups in total. The molecule has 1 aromatic carbocycles. The van der Waals surface area contributed by atoms with Crippen molar-refractivity contribution in [2.75, 3.05) is 6.54 Å². The van der Waals surface area contributed by atoms with Gasteiger partial charge in [0.2, 0.25) is 0 Å². The van der Waals surface area contributed by atoms with Crippen molar-refractivity contribution >= 4 is 24.2 Å². The summed E-state index contributed by atoms with van der Waals surface area (Å²) in [6.45, 7) is 28.8. The lowest BCUT2D eigenvalue weighted by molar-refractivity contribution is -0.0677. The first-order chi connectivity index (χ1) is 16.2. The molecule has 7 heteroatoms. The Morgan fingerprint density at radius 1 is 1.03 bits per heavy atom. The Labute approximate surface area is 224 Å². The molecule has 1 aliphatic rings. The van der Waals surface area contributed by atoms with Crippen LogP contribution >= 0.6 is 0 Å². The lowest BCUT2D eigenvalue weighted by Gasteiger charge is -2.41. The van der Waals surface area contributed by atoms with E-state index in [1.54, 1.807) is 0 Å². The van der Waals surface area contributed by atoms with E-state index in [1.165, 1.54) is 11.1 Å². The highest BCUT2D eigenvalue weighted by molar-refractivity contribution is 6.48. The average molecular weight is 536 g/mol. The smallest absolute Gasteiger partial charge is 0.412 e. The van der Waals surface area contributed by atoms with Crippen molar-refractivity contribution in [3.05, 3.63) is 35.4 Å². The van der Waals surface area contributed by atoms with Gasteiger partial charge in [-0.1, -0.05) is 65.8 Å². The monoisotopic (exact) mass is 535 g/mol. The first-order valence-electron chi connectivity index (χ1n) is 13.7. The Morgan fingerprint density at radius 3 is 2.11 bits per heavy atom. The van der Waals surface area contributed by atoms with Crippen LogP contribution in [0.15, 0.2) is 24.3 Å². The summed E-state index contributed by atoms with van der Waals surface area (Å²) in [5, 5.41) is 0. The summed E-state index contributed by atoms with van der Waals surface area (Å²) < 4.78 is 19.3. The van der Waals surface area contributed by atoms with E-state index in [4.69, 9.17) is 13.6 Å². The summed E-state index contributed by atoms with van der Waals surface area (Å²) >= 11 is 0. The van der Waals surface area contributed by atoms with Crippen molar-refractivity contribution in [3.8, 4) is 0 Å². The molecule has 0 radical (unpaired) electrons. The molecule has 1 unspecified atom stereocenters. The molecule has 0 aliphatic carbocycles. The van der Waals surface area contributed by atoms with Crippen LogP contribution < -0.4 is 0 Å². The predicted octanol–water partition coefficient (Wildman–Crippen LogP) is 7.32. The van der Waals surface area contributed by atoms with Crippen molar-refractivity contribution in [1.82, 2.24) is 4.90 Å². The van der Waals surface area contributed by atoms with Crippen LogP contribution in [0.3, 0.4) is 0 Å². The summed E-state index contributed by atoms with van der Waals surface area (Å²) in [5.74, 6) is 0.318. The highest BCUT2D eigenvalue weighted by Crippen LogP contribution is 2.46. The van der Waals surface area contributed by atoms with Gasteiger partial charge in [-0.3, -0.25) is 4.90 Å². The van der Waals surface area contributed by atoms with E-state index >= 15 is 0 Å². The van der Waals surface area contributed by atoms with Gasteiger partial charge >= 0.3 is 6.09 Å². The molecular formula is C29H53NO4Si2. The Morgan fingerprint density at radius 2 is 1.64 bits per heavy atom. The van der Waals surface area contributed by atoms with Gasteiger partial charge in [0.05, 0.1) is 6.10 Å². The number of carbonyl (C=O) groups is 1. The fourth-order valence-corrected chi connectivity index (χ4v) is 7.38. The van der Waals surface area contributed by atoms with Crippen LogP contribution in [-0.4, -0.2) is 46.9 Å². The minimum Gasteiger partial charge on any atom is -0.444 e. The lowest BCUT2D eigenvalue weighted by Crippen LogP contribution is -2.54. The number of benzene rings is 1. The van der Waals surface area contributed by atoms with Gasteiger partial charge in [-0.15, -0.1) is 0 Å². The number of hydrogen-bond donors (Lipinski definition) is 0. The third-order valence-corrected chi connectivity index (χ3v) is 8.41. The largest absolute Gasteiger partial charge is 0.444 e. The molecule has 0 aromatic heterocycles. The zero-order valence-electron chi connectivity index (χ0n) is 25.3. The van der Waals surface area contributed by atoms with Gasteiger partial charge in [-0.2, -0.15) is 0 Å². The standard InChI is InChI=1S/C29H53NO4Si2/c1-26(2,3)23-19-29(34-36(12)13,30(20-23)25(31)32-28(7,8)9)18-21-15-14-16-22(17-21)24(27(4,5)6)33-35(10)11/h14-17,23-24,35-36H,18-20H2,1-13H3/t23-,24?,29-/m0/s1. The molecule has 5 nitrogen and oxygen atoms in total. The number of carbonyl (C=O) groups excluding carboxylic acids is 1. The molecule has 1 amide bonds. The van der Waals surface area contributed by atoms with Crippen LogP contribution in [0.4, 0.5) is 4.79 Å². The fourth-order valence-electron chi connectivity index (χ4n) is 5.08. The average Bonchev–Trinajstić information content (AvgIpc) is 3.02. The molecule has 206 valence electrons. The van der Waals surface area contributed by atoms with Crippen LogP contribution in [0.1, 0.15) is 86.0 Å². The molecule has 36 heavy (non-hydrogen) atoms. The Kier molecular flexibility index (Phi) is 9.75. The molecule has 1 aromatic rings. The van der Waals surface area contributed by atoms with E-state index in [0.29, 0.717) is 18.9 Å². The first kappa shape index (κ1) is 31.1. The van der Waals surface area contributed by atoms with E-state index in [1.807, 2.05) is 25.7 Å². The molecule has 0 spiro atoms. The normalized spacial score (nSPS) is 22.4. The van der Waals surface area contributed by atoms with E-state index in [-0.39, 0.29) is 23.0 Å². The summed E-state index contributed by atoms with van der Waals surface area (Å²) in [7, 11) is -2.73. The molecule has 0 bridgehead atoms. The number of hydrogen-bond acceptors (Lipinski definition) is 4. The van der Waals surface area contributed by atoms with Gasteiger partial charge in [-0.05, 0) is 81.3 Å². The van der Waals surface area contributed by atoms with E-state index in [2.05, 4.69) is 92.0 Å². The van der Waals surface area contributed by atoms with E-state index in [9.17, 15) is 4.79 Å². The Balaban J connectivity index is 2.55. The van der Waals surface area contributed by atoms with Crippen molar-refractivity contribution in [2.45, 2.75) is 119 Å². The quantitative estimate of drug-likeness (QED) is 0.343. The highest BCUT2D eigenvalue weighted by Gasteiger charge is 2.53. The van der Waals surface area contributed by atoms with Gasteiger partial charge in [0.25, 0.3) is 0 Å². The highest BCUT2D eigenvalue weighted by atomic mass is 28.3. The van der Waals surface area contributed by atoms with Crippen LogP contribution in [0.5, 0.6) is 0 Å². The van der Waals surface area contributed by atoms with E-state index in [0.717, 1.165) is 6.42 Å². The molecule has 3 atom stereocenters. The third-order valence-electron chi connectivity index (χ3n) is 6.68.